The Hall–Kier alpha value is -3.80. The Balaban J connectivity index is 2.37. The van der Waals surface area contributed by atoms with Crippen LogP contribution in [0.2, 0.25) is 0 Å². The molecular weight excluding hydrogens is 400 g/mol. The average Bonchev–Trinajstić information content (AvgIpc) is 3.13. The number of nitrogens with zero attached hydrogens (tertiary/aromatic N) is 3. The van der Waals surface area contributed by atoms with Crippen molar-refractivity contribution >= 4 is 23.7 Å². The van der Waals surface area contributed by atoms with Crippen LogP contribution in [-0.2, 0) is 25.6 Å². The lowest BCUT2D eigenvalue weighted by Gasteiger charge is -2.23. The van der Waals surface area contributed by atoms with Crippen molar-refractivity contribution in [1.29, 1.82) is 0 Å². The molecule has 2 aromatic rings. The van der Waals surface area contributed by atoms with Gasteiger partial charge in [-0.2, -0.15) is 0 Å². The van der Waals surface area contributed by atoms with Crippen molar-refractivity contribution in [3.63, 3.8) is 0 Å². The van der Waals surface area contributed by atoms with Gasteiger partial charge in [-0.15, -0.1) is 0 Å². The van der Waals surface area contributed by atoms with Gasteiger partial charge in [0.25, 0.3) is 5.91 Å². The van der Waals surface area contributed by atoms with Gasteiger partial charge in [0.2, 0.25) is 5.69 Å². The van der Waals surface area contributed by atoms with Crippen molar-refractivity contribution in [1.82, 2.24) is 14.9 Å². The number of ether oxygens (including phenoxy) is 2. The highest BCUT2D eigenvalue weighted by Gasteiger charge is 2.50. The Labute approximate surface area is 170 Å². The maximum Gasteiger partial charge on any atom is 0.372 e. The zero-order valence-electron chi connectivity index (χ0n) is 16.2. The number of carbonyl (C=O) groups is 3. The van der Waals surface area contributed by atoms with E-state index in [0.29, 0.717) is 5.56 Å². The van der Waals surface area contributed by atoms with E-state index in [1.807, 2.05) is 0 Å². The smallest absolute Gasteiger partial charge is 0.372 e. The van der Waals surface area contributed by atoms with Crippen LogP contribution in [-0.4, -0.2) is 56.4 Å². The number of hydrogen-bond donors (Lipinski definition) is 2. The topological polar surface area (TPSA) is 163 Å². The molecule has 12 heteroatoms. The third-order valence-corrected chi connectivity index (χ3v) is 3.83. The number of nitrogens with one attached hydrogen (secondary N) is 1. The molecule has 0 unspecified atom stereocenters. The number of benzene rings is 1. The monoisotopic (exact) mass is 420 g/mol. The van der Waals surface area contributed by atoms with Gasteiger partial charge in [0.05, 0.1) is 13.2 Å². The molecule has 1 amide bonds. The number of carbonyl (C=O) groups excluding carboxylic acids is 3. The molecule has 0 bridgehead atoms. The van der Waals surface area contributed by atoms with Gasteiger partial charge < -0.3 is 30.0 Å². The van der Waals surface area contributed by atoms with Crippen LogP contribution in [0.15, 0.2) is 36.7 Å². The predicted molar refractivity (Wildman–Crippen MR) is 100 cm³/mol. The average molecular weight is 420 g/mol. The first-order chi connectivity index (χ1) is 14.2. The molecule has 160 valence electrons. The third-order valence-electron chi connectivity index (χ3n) is 3.83. The Morgan fingerprint density at radius 2 is 1.73 bits per heavy atom. The molecule has 1 aromatic heterocycles. The van der Waals surface area contributed by atoms with Gasteiger partial charge in [-0.1, -0.05) is 30.3 Å². The maximum atomic E-state index is 12.6. The molecule has 0 saturated heterocycles. The molecule has 0 saturated carbocycles. The summed E-state index contributed by atoms with van der Waals surface area (Å²) >= 11 is 0. The van der Waals surface area contributed by atoms with E-state index in [2.05, 4.69) is 14.5 Å². The molecule has 0 aliphatic heterocycles. The van der Waals surface area contributed by atoms with Gasteiger partial charge in [0, 0.05) is 0 Å². The fourth-order valence-corrected chi connectivity index (χ4v) is 2.50. The normalized spacial score (nSPS) is 10.9. The van der Waals surface area contributed by atoms with E-state index < -0.39 is 40.0 Å². The lowest BCUT2D eigenvalue weighted by atomic mass is 10.2. The minimum Gasteiger partial charge on any atom is -0.462 e. The second kappa shape index (κ2) is 9.60. The summed E-state index contributed by atoms with van der Waals surface area (Å²) in [7, 11) is 0. The fourth-order valence-electron chi connectivity index (χ4n) is 2.50. The third kappa shape index (κ3) is 4.78. The van der Waals surface area contributed by atoms with E-state index in [0.717, 1.165) is 10.9 Å². The molecule has 1 aromatic carbocycles. The molecule has 12 nitrogen and oxygen atoms in total. The Bertz CT molecular complexity index is 923. The molecular formula is C18H20N4O8. The quantitative estimate of drug-likeness (QED) is 0.192. The second-order valence-corrected chi connectivity index (χ2v) is 5.89. The van der Waals surface area contributed by atoms with E-state index in [-0.39, 0.29) is 19.8 Å². The number of esters is 2. The standard InChI is InChI=1S/C18H20N4O8/c1-3-29-16(24)18(26,17(25)30-4-2)20-14(23)13-15(22(27)28)21(11-19-13)10-12-8-6-5-7-9-12/h5-9,11,26H,3-4,10H2,1-2H3,(H,20,23). The molecule has 0 atom stereocenters. The fraction of sp³-hybridized carbons (Fsp3) is 0.333. The Kier molecular flexibility index (Phi) is 7.20. The zero-order chi connectivity index (χ0) is 22.3. The van der Waals surface area contributed by atoms with Crippen molar-refractivity contribution in [2.75, 3.05) is 13.2 Å². The van der Waals surface area contributed by atoms with E-state index >= 15 is 0 Å². The van der Waals surface area contributed by atoms with Gasteiger partial charge in [-0.05, 0) is 24.3 Å². The minimum atomic E-state index is -3.19. The number of aromatic nitrogens is 2. The number of hydrogen-bond acceptors (Lipinski definition) is 9. The van der Waals surface area contributed by atoms with Crippen LogP contribution in [0.25, 0.3) is 0 Å². The van der Waals surface area contributed by atoms with E-state index in [1.165, 1.54) is 13.8 Å². The number of nitro groups is 1. The van der Waals surface area contributed by atoms with Gasteiger partial charge in [-0.25, -0.2) is 19.1 Å². The lowest BCUT2D eigenvalue weighted by molar-refractivity contribution is -0.392. The van der Waals surface area contributed by atoms with E-state index in [9.17, 15) is 29.6 Å². The summed E-state index contributed by atoms with van der Waals surface area (Å²) in [5.41, 5.74) is -3.19. The van der Waals surface area contributed by atoms with Gasteiger partial charge in [0.15, 0.2) is 6.33 Å². The molecule has 1 heterocycles. The van der Waals surface area contributed by atoms with Crippen LogP contribution in [0.5, 0.6) is 0 Å². The van der Waals surface area contributed by atoms with Crippen molar-refractivity contribution in [3.05, 3.63) is 58.0 Å². The van der Waals surface area contributed by atoms with Crippen molar-refractivity contribution in [2.24, 2.45) is 0 Å². The molecule has 0 aliphatic carbocycles. The zero-order valence-corrected chi connectivity index (χ0v) is 16.2. The molecule has 30 heavy (non-hydrogen) atoms. The lowest BCUT2D eigenvalue weighted by Crippen LogP contribution is -2.61. The number of aliphatic hydroxyl groups is 1. The summed E-state index contributed by atoms with van der Waals surface area (Å²) in [6, 6.07) is 8.71. The van der Waals surface area contributed by atoms with Crippen molar-refractivity contribution in [2.45, 2.75) is 26.1 Å². The summed E-state index contributed by atoms with van der Waals surface area (Å²) in [6.07, 6.45) is 1.06. The van der Waals surface area contributed by atoms with Crippen LogP contribution < -0.4 is 5.32 Å². The summed E-state index contributed by atoms with van der Waals surface area (Å²) in [4.78, 5) is 51.2. The van der Waals surface area contributed by atoms with Crippen molar-refractivity contribution in [3.8, 4) is 0 Å². The van der Waals surface area contributed by atoms with Crippen LogP contribution in [0, 0.1) is 10.1 Å². The van der Waals surface area contributed by atoms with E-state index in [1.54, 1.807) is 35.6 Å². The molecule has 0 aliphatic rings. The van der Waals surface area contributed by atoms with Crippen LogP contribution in [0.1, 0.15) is 29.9 Å². The highest BCUT2D eigenvalue weighted by molar-refractivity contribution is 6.08. The first kappa shape index (κ1) is 22.5. The highest BCUT2D eigenvalue weighted by Crippen LogP contribution is 2.20. The highest BCUT2D eigenvalue weighted by atomic mass is 16.6. The Morgan fingerprint density at radius 1 is 1.17 bits per heavy atom. The summed E-state index contributed by atoms with van der Waals surface area (Å²) in [5.74, 6) is -5.02. The first-order valence-electron chi connectivity index (χ1n) is 8.87. The van der Waals surface area contributed by atoms with Crippen molar-refractivity contribution < 1.29 is 33.9 Å². The Morgan fingerprint density at radius 3 is 2.23 bits per heavy atom. The summed E-state index contributed by atoms with van der Waals surface area (Å²) in [6.45, 7) is 2.46. The number of amides is 1. The van der Waals surface area contributed by atoms with Crippen LogP contribution in [0.3, 0.4) is 0 Å². The maximum absolute atomic E-state index is 12.6. The number of rotatable bonds is 9. The summed E-state index contributed by atoms with van der Waals surface area (Å²) in [5, 5.41) is 23.7. The summed E-state index contributed by atoms with van der Waals surface area (Å²) < 4.78 is 10.3. The largest absolute Gasteiger partial charge is 0.462 e. The van der Waals surface area contributed by atoms with Crippen LogP contribution >= 0.6 is 0 Å². The second-order valence-electron chi connectivity index (χ2n) is 5.89. The predicted octanol–water partition coefficient (Wildman–Crippen LogP) is 0.384. The molecule has 0 fully saturated rings. The first-order valence-corrected chi connectivity index (χ1v) is 8.87. The number of imidazole rings is 1. The van der Waals surface area contributed by atoms with Crippen LogP contribution in [0.4, 0.5) is 5.82 Å². The minimum absolute atomic E-state index is 0.0391. The molecule has 2 N–H and O–H groups in total. The molecule has 0 spiro atoms. The van der Waals surface area contributed by atoms with Gasteiger partial charge in [-0.3, -0.25) is 4.79 Å². The SMILES string of the molecule is CCOC(=O)C(O)(NC(=O)c1ncn(Cc2ccccc2)c1[N+](=O)[O-])C(=O)OCC. The van der Waals surface area contributed by atoms with Gasteiger partial charge in [0.1, 0.15) is 6.54 Å². The molecule has 0 radical (unpaired) electrons. The molecule has 2 rings (SSSR count). The van der Waals surface area contributed by atoms with E-state index in [4.69, 9.17) is 0 Å². The van der Waals surface area contributed by atoms with Gasteiger partial charge >= 0.3 is 23.5 Å².